The molecule has 11 heavy (non-hydrogen) atoms. The molecule has 4 nitrogen and oxygen atoms in total. The molecule has 0 spiro atoms. The standard InChI is InChI=1S/C7H8N2O2/c10-7-3-5-6(4-9-7)11-2-1-8-5/h3-4,8H,1-2H2,(H,9,10). The van der Waals surface area contributed by atoms with Gasteiger partial charge in [0.1, 0.15) is 6.61 Å². The Balaban J connectivity index is 2.43. The van der Waals surface area contributed by atoms with E-state index in [1.165, 1.54) is 6.20 Å². The number of fused-ring (bicyclic) bond motifs is 1. The molecule has 1 aliphatic rings. The second-order valence-electron chi connectivity index (χ2n) is 2.31. The van der Waals surface area contributed by atoms with Crippen molar-refractivity contribution in [2.75, 3.05) is 18.5 Å². The van der Waals surface area contributed by atoms with Crippen LogP contribution in [0.3, 0.4) is 0 Å². The maximum Gasteiger partial charge on any atom is 0.213 e. The molecular weight excluding hydrogens is 144 g/mol. The lowest BCUT2D eigenvalue weighted by Crippen LogP contribution is -2.17. The summed E-state index contributed by atoms with van der Waals surface area (Å²) in [5.41, 5.74) is 0.809. The maximum atomic E-state index is 8.98. The molecule has 4 heteroatoms. The summed E-state index contributed by atoms with van der Waals surface area (Å²) in [5.74, 6) is 0.718. The van der Waals surface area contributed by atoms with Crippen LogP contribution < -0.4 is 10.1 Å². The molecule has 0 radical (unpaired) electrons. The van der Waals surface area contributed by atoms with Gasteiger partial charge in [-0.05, 0) is 0 Å². The summed E-state index contributed by atoms with van der Waals surface area (Å²) < 4.78 is 5.24. The average molecular weight is 152 g/mol. The molecule has 0 saturated heterocycles. The minimum Gasteiger partial charge on any atom is -0.493 e. The second-order valence-corrected chi connectivity index (χ2v) is 2.31. The van der Waals surface area contributed by atoms with Gasteiger partial charge in [-0.1, -0.05) is 0 Å². The summed E-state index contributed by atoms with van der Waals surface area (Å²) >= 11 is 0. The number of hydrogen-bond acceptors (Lipinski definition) is 4. The molecule has 0 atom stereocenters. The van der Waals surface area contributed by atoms with Crippen LogP contribution in [0, 0.1) is 0 Å². The Bertz CT molecular complexity index is 275. The fourth-order valence-corrected chi connectivity index (χ4v) is 1.03. The van der Waals surface area contributed by atoms with Crippen molar-refractivity contribution in [2.24, 2.45) is 0 Å². The van der Waals surface area contributed by atoms with Crippen LogP contribution in [-0.4, -0.2) is 23.2 Å². The number of ether oxygens (including phenoxy) is 1. The molecule has 2 N–H and O–H groups in total. The van der Waals surface area contributed by atoms with Crippen molar-refractivity contribution in [3.63, 3.8) is 0 Å². The van der Waals surface area contributed by atoms with Gasteiger partial charge in [-0.25, -0.2) is 4.98 Å². The van der Waals surface area contributed by atoms with E-state index in [2.05, 4.69) is 10.3 Å². The lowest BCUT2D eigenvalue weighted by Gasteiger charge is -2.17. The maximum absolute atomic E-state index is 8.98. The number of hydrogen-bond donors (Lipinski definition) is 2. The highest BCUT2D eigenvalue weighted by atomic mass is 16.5. The van der Waals surface area contributed by atoms with E-state index in [4.69, 9.17) is 9.84 Å². The van der Waals surface area contributed by atoms with Crippen molar-refractivity contribution in [3.8, 4) is 11.6 Å². The van der Waals surface area contributed by atoms with Gasteiger partial charge in [0.15, 0.2) is 5.75 Å². The predicted molar refractivity (Wildman–Crippen MR) is 39.9 cm³/mol. The lowest BCUT2D eigenvalue weighted by atomic mass is 10.3. The normalized spacial score (nSPS) is 14.5. The Hall–Kier alpha value is -1.45. The minimum absolute atomic E-state index is 0.0155. The van der Waals surface area contributed by atoms with E-state index < -0.39 is 0 Å². The predicted octanol–water partition coefficient (Wildman–Crippen LogP) is 0.591. The van der Waals surface area contributed by atoms with Crippen molar-refractivity contribution < 1.29 is 9.84 Å². The van der Waals surface area contributed by atoms with E-state index in [1.807, 2.05) is 0 Å². The Kier molecular flexibility index (Phi) is 1.31. The molecule has 1 aliphatic heterocycles. The van der Waals surface area contributed by atoms with Gasteiger partial charge in [-0.15, -0.1) is 0 Å². The van der Waals surface area contributed by atoms with Gasteiger partial charge >= 0.3 is 0 Å². The molecule has 0 unspecified atom stereocenters. The van der Waals surface area contributed by atoms with Crippen LogP contribution in [-0.2, 0) is 0 Å². The third-order valence-electron chi connectivity index (χ3n) is 1.53. The Labute approximate surface area is 63.8 Å². The first-order valence-electron chi connectivity index (χ1n) is 3.42. The SMILES string of the molecule is Oc1cc2c(cn1)OCCN2. The van der Waals surface area contributed by atoms with Crippen LogP contribution in [0.15, 0.2) is 12.3 Å². The summed E-state index contributed by atoms with van der Waals surface area (Å²) in [6, 6.07) is 1.55. The molecule has 0 fully saturated rings. The van der Waals surface area contributed by atoms with E-state index in [-0.39, 0.29) is 5.88 Å². The topological polar surface area (TPSA) is 54.4 Å². The third-order valence-corrected chi connectivity index (χ3v) is 1.53. The fraction of sp³-hybridized carbons (Fsp3) is 0.286. The van der Waals surface area contributed by atoms with Crippen molar-refractivity contribution in [2.45, 2.75) is 0 Å². The van der Waals surface area contributed by atoms with Gasteiger partial charge < -0.3 is 15.2 Å². The molecular formula is C7H8N2O2. The van der Waals surface area contributed by atoms with Crippen LogP contribution in [0.4, 0.5) is 5.69 Å². The van der Waals surface area contributed by atoms with Gasteiger partial charge in [-0.3, -0.25) is 0 Å². The van der Waals surface area contributed by atoms with Gasteiger partial charge in [0.05, 0.1) is 11.9 Å². The molecule has 0 amide bonds. The average Bonchev–Trinajstić information content (AvgIpc) is 2.04. The van der Waals surface area contributed by atoms with E-state index in [0.29, 0.717) is 12.4 Å². The highest BCUT2D eigenvalue weighted by molar-refractivity contribution is 5.58. The highest BCUT2D eigenvalue weighted by Gasteiger charge is 2.09. The van der Waals surface area contributed by atoms with Crippen LogP contribution in [0.1, 0.15) is 0 Å². The molecule has 2 rings (SSSR count). The summed E-state index contributed by atoms with van der Waals surface area (Å²) in [7, 11) is 0. The van der Waals surface area contributed by atoms with Crippen molar-refractivity contribution >= 4 is 5.69 Å². The number of aromatic nitrogens is 1. The van der Waals surface area contributed by atoms with Crippen LogP contribution in [0.2, 0.25) is 0 Å². The molecule has 0 saturated carbocycles. The van der Waals surface area contributed by atoms with Crippen molar-refractivity contribution in [1.29, 1.82) is 0 Å². The summed E-state index contributed by atoms with van der Waals surface area (Å²) in [5, 5.41) is 12.1. The Morgan fingerprint density at radius 3 is 3.45 bits per heavy atom. The number of pyridine rings is 1. The van der Waals surface area contributed by atoms with E-state index in [0.717, 1.165) is 12.2 Å². The minimum atomic E-state index is 0.0155. The summed E-state index contributed by atoms with van der Waals surface area (Å²) in [6.07, 6.45) is 1.51. The smallest absolute Gasteiger partial charge is 0.213 e. The number of nitrogens with one attached hydrogen (secondary N) is 1. The van der Waals surface area contributed by atoms with Crippen molar-refractivity contribution in [3.05, 3.63) is 12.3 Å². The first-order chi connectivity index (χ1) is 5.36. The van der Waals surface area contributed by atoms with Crippen LogP contribution in [0.25, 0.3) is 0 Å². The molecule has 0 aliphatic carbocycles. The first-order valence-corrected chi connectivity index (χ1v) is 3.42. The zero-order chi connectivity index (χ0) is 7.68. The molecule has 1 aromatic heterocycles. The molecule has 2 heterocycles. The molecule has 0 aromatic carbocycles. The third kappa shape index (κ3) is 1.07. The monoisotopic (exact) mass is 152 g/mol. The zero-order valence-electron chi connectivity index (χ0n) is 5.87. The zero-order valence-corrected chi connectivity index (χ0v) is 5.87. The van der Waals surface area contributed by atoms with Gasteiger partial charge in [0, 0.05) is 12.6 Å². The quantitative estimate of drug-likeness (QED) is 0.571. The molecule has 58 valence electrons. The largest absolute Gasteiger partial charge is 0.493 e. The number of rotatable bonds is 0. The molecule has 0 bridgehead atoms. The number of anilines is 1. The Morgan fingerprint density at radius 1 is 1.64 bits per heavy atom. The van der Waals surface area contributed by atoms with E-state index >= 15 is 0 Å². The van der Waals surface area contributed by atoms with E-state index in [9.17, 15) is 0 Å². The fourth-order valence-electron chi connectivity index (χ4n) is 1.03. The van der Waals surface area contributed by atoms with Gasteiger partial charge in [0.2, 0.25) is 5.88 Å². The first kappa shape index (κ1) is 6.27. The summed E-state index contributed by atoms with van der Waals surface area (Å²) in [6.45, 7) is 1.43. The summed E-state index contributed by atoms with van der Waals surface area (Å²) in [4.78, 5) is 3.68. The van der Waals surface area contributed by atoms with Crippen LogP contribution in [0.5, 0.6) is 11.6 Å². The van der Waals surface area contributed by atoms with Crippen molar-refractivity contribution in [1.82, 2.24) is 4.98 Å². The second kappa shape index (κ2) is 2.30. The lowest BCUT2D eigenvalue weighted by molar-refractivity contribution is 0.320. The molecule has 1 aromatic rings. The highest BCUT2D eigenvalue weighted by Crippen LogP contribution is 2.28. The van der Waals surface area contributed by atoms with Crippen LogP contribution >= 0.6 is 0 Å². The number of nitrogens with zero attached hydrogens (tertiary/aromatic N) is 1. The Morgan fingerprint density at radius 2 is 2.55 bits per heavy atom. The van der Waals surface area contributed by atoms with E-state index in [1.54, 1.807) is 6.07 Å². The van der Waals surface area contributed by atoms with Gasteiger partial charge in [0.25, 0.3) is 0 Å². The van der Waals surface area contributed by atoms with Gasteiger partial charge in [-0.2, -0.15) is 0 Å². The number of aromatic hydroxyl groups is 1.